The molecular weight excluding hydrogens is 336 g/mol. The Bertz CT molecular complexity index is 756. The van der Waals surface area contributed by atoms with Gasteiger partial charge in [-0.25, -0.2) is 0 Å². The van der Waals surface area contributed by atoms with Gasteiger partial charge in [-0.2, -0.15) is 0 Å². The van der Waals surface area contributed by atoms with E-state index in [0.717, 1.165) is 18.4 Å². The molecule has 27 heavy (non-hydrogen) atoms. The van der Waals surface area contributed by atoms with E-state index in [4.69, 9.17) is 0 Å². The van der Waals surface area contributed by atoms with Crippen LogP contribution in [-0.2, 0) is 29.0 Å². The van der Waals surface area contributed by atoms with Gasteiger partial charge in [0.1, 0.15) is 0 Å². The van der Waals surface area contributed by atoms with Crippen LogP contribution in [0.25, 0.3) is 0 Å². The monoisotopic (exact) mass is 364 g/mol. The van der Waals surface area contributed by atoms with Crippen molar-refractivity contribution in [2.24, 2.45) is 5.92 Å². The standard InChI is InChI=1S/C23H28N2O2/c1-2-18-8-10-19(11-9-18)12-13-22(26)24-15-21-14-23(27)25(17-21)16-20-6-4-3-5-7-20/h3-11,21H,2,12-17H2,1H3,(H,24,26)/t21-/m1/s1. The maximum absolute atomic E-state index is 12.2. The molecule has 4 heteroatoms. The fourth-order valence-electron chi connectivity index (χ4n) is 3.49. The summed E-state index contributed by atoms with van der Waals surface area (Å²) in [5.41, 5.74) is 3.64. The Morgan fingerprint density at radius 1 is 1.04 bits per heavy atom. The van der Waals surface area contributed by atoms with Crippen molar-refractivity contribution in [1.82, 2.24) is 10.2 Å². The molecule has 0 saturated carbocycles. The van der Waals surface area contributed by atoms with Gasteiger partial charge in [0.15, 0.2) is 0 Å². The highest BCUT2D eigenvalue weighted by Crippen LogP contribution is 2.19. The zero-order valence-corrected chi connectivity index (χ0v) is 16.0. The van der Waals surface area contributed by atoms with Crippen LogP contribution in [0.1, 0.15) is 36.5 Å². The molecule has 2 aromatic carbocycles. The van der Waals surface area contributed by atoms with Crippen molar-refractivity contribution in [2.45, 2.75) is 39.2 Å². The van der Waals surface area contributed by atoms with Crippen molar-refractivity contribution < 1.29 is 9.59 Å². The Labute approximate surface area is 161 Å². The lowest BCUT2D eigenvalue weighted by atomic mass is 10.1. The van der Waals surface area contributed by atoms with Gasteiger partial charge in [0.05, 0.1) is 0 Å². The molecule has 1 N–H and O–H groups in total. The third-order valence-corrected chi connectivity index (χ3v) is 5.17. The third kappa shape index (κ3) is 5.68. The second-order valence-electron chi connectivity index (χ2n) is 7.30. The van der Waals surface area contributed by atoms with E-state index < -0.39 is 0 Å². The molecule has 1 saturated heterocycles. The highest BCUT2D eigenvalue weighted by atomic mass is 16.2. The SMILES string of the molecule is CCc1ccc(CCC(=O)NC[C@H]2CC(=O)N(Cc3ccccc3)C2)cc1. The number of aryl methyl sites for hydroxylation is 2. The van der Waals surface area contributed by atoms with Gasteiger partial charge in [0, 0.05) is 38.4 Å². The number of carbonyl (C=O) groups is 2. The van der Waals surface area contributed by atoms with E-state index in [9.17, 15) is 9.59 Å². The van der Waals surface area contributed by atoms with Crippen LogP contribution in [0.4, 0.5) is 0 Å². The highest BCUT2D eigenvalue weighted by molar-refractivity contribution is 5.79. The zero-order valence-electron chi connectivity index (χ0n) is 16.0. The van der Waals surface area contributed by atoms with Gasteiger partial charge in [0.2, 0.25) is 11.8 Å². The van der Waals surface area contributed by atoms with E-state index in [1.165, 1.54) is 11.1 Å². The second-order valence-corrected chi connectivity index (χ2v) is 7.30. The van der Waals surface area contributed by atoms with Crippen molar-refractivity contribution in [3.8, 4) is 0 Å². The fraction of sp³-hybridized carbons (Fsp3) is 0.391. The van der Waals surface area contributed by atoms with Crippen LogP contribution in [0, 0.1) is 5.92 Å². The molecule has 3 rings (SSSR count). The lowest BCUT2D eigenvalue weighted by Crippen LogP contribution is -2.31. The predicted molar refractivity (Wildman–Crippen MR) is 107 cm³/mol. The number of likely N-dealkylation sites (tertiary alicyclic amines) is 1. The van der Waals surface area contributed by atoms with Crippen LogP contribution in [0.2, 0.25) is 0 Å². The van der Waals surface area contributed by atoms with Gasteiger partial charge in [-0.05, 0) is 29.5 Å². The largest absolute Gasteiger partial charge is 0.356 e. The molecule has 2 aromatic rings. The Kier molecular flexibility index (Phi) is 6.64. The molecule has 1 atom stereocenters. The molecule has 0 bridgehead atoms. The summed E-state index contributed by atoms with van der Waals surface area (Å²) >= 11 is 0. The van der Waals surface area contributed by atoms with Crippen LogP contribution in [0.15, 0.2) is 54.6 Å². The number of nitrogens with zero attached hydrogens (tertiary/aromatic N) is 1. The number of hydrogen-bond acceptors (Lipinski definition) is 2. The normalized spacial score (nSPS) is 16.6. The number of benzene rings is 2. The van der Waals surface area contributed by atoms with Crippen molar-refractivity contribution in [1.29, 1.82) is 0 Å². The smallest absolute Gasteiger partial charge is 0.223 e. The van der Waals surface area contributed by atoms with Crippen molar-refractivity contribution >= 4 is 11.8 Å². The van der Waals surface area contributed by atoms with E-state index in [2.05, 4.69) is 36.5 Å². The lowest BCUT2D eigenvalue weighted by molar-refractivity contribution is -0.128. The summed E-state index contributed by atoms with van der Waals surface area (Å²) in [6, 6.07) is 18.5. The van der Waals surface area contributed by atoms with Crippen LogP contribution >= 0.6 is 0 Å². The van der Waals surface area contributed by atoms with E-state index in [-0.39, 0.29) is 17.7 Å². The van der Waals surface area contributed by atoms with Gasteiger partial charge in [-0.1, -0.05) is 61.5 Å². The van der Waals surface area contributed by atoms with E-state index >= 15 is 0 Å². The molecule has 1 heterocycles. The average Bonchev–Trinajstić information content (AvgIpc) is 3.05. The highest BCUT2D eigenvalue weighted by Gasteiger charge is 2.29. The van der Waals surface area contributed by atoms with Gasteiger partial charge >= 0.3 is 0 Å². The van der Waals surface area contributed by atoms with Crippen LogP contribution in [0.5, 0.6) is 0 Å². The van der Waals surface area contributed by atoms with Gasteiger partial charge in [-0.3, -0.25) is 9.59 Å². The maximum atomic E-state index is 12.2. The summed E-state index contributed by atoms with van der Waals surface area (Å²) in [6.07, 6.45) is 2.78. The molecule has 4 nitrogen and oxygen atoms in total. The van der Waals surface area contributed by atoms with Crippen molar-refractivity contribution in [3.05, 3.63) is 71.3 Å². The second kappa shape index (κ2) is 9.36. The zero-order chi connectivity index (χ0) is 19.1. The number of rotatable bonds is 8. The number of carbonyl (C=O) groups excluding carboxylic acids is 2. The molecule has 1 aliphatic rings. The first-order valence-corrected chi connectivity index (χ1v) is 9.80. The summed E-state index contributed by atoms with van der Waals surface area (Å²) in [5, 5.41) is 3.00. The van der Waals surface area contributed by atoms with E-state index in [1.54, 1.807) is 0 Å². The third-order valence-electron chi connectivity index (χ3n) is 5.17. The average molecular weight is 364 g/mol. The Hall–Kier alpha value is -2.62. The molecule has 142 valence electrons. The Balaban J connectivity index is 1.39. The topological polar surface area (TPSA) is 49.4 Å². The summed E-state index contributed by atoms with van der Waals surface area (Å²) in [6.45, 7) is 4.08. The minimum atomic E-state index is 0.0588. The number of nitrogens with one attached hydrogen (secondary N) is 1. The van der Waals surface area contributed by atoms with E-state index in [0.29, 0.717) is 32.5 Å². The summed E-state index contributed by atoms with van der Waals surface area (Å²) in [7, 11) is 0. The first kappa shape index (κ1) is 19.2. The lowest BCUT2D eigenvalue weighted by Gasteiger charge is -2.17. The molecule has 0 aliphatic carbocycles. The Morgan fingerprint density at radius 3 is 2.44 bits per heavy atom. The molecule has 0 unspecified atom stereocenters. The summed E-state index contributed by atoms with van der Waals surface area (Å²) in [4.78, 5) is 26.2. The molecule has 0 spiro atoms. The number of hydrogen-bond donors (Lipinski definition) is 1. The van der Waals surface area contributed by atoms with Crippen molar-refractivity contribution in [2.75, 3.05) is 13.1 Å². The van der Waals surface area contributed by atoms with Crippen LogP contribution < -0.4 is 5.32 Å². The summed E-state index contributed by atoms with van der Waals surface area (Å²) in [5.74, 6) is 0.437. The predicted octanol–water partition coefficient (Wildman–Crippen LogP) is 3.35. The molecular formula is C23H28N2O2. The molecule has 0 radical (unpaired) electrons. The van der Waals surface area contributed by atoms with Crippen LogP contribution in [0.3, 0.4) is 0 Å². The molecule has 1 fully saturated rings. The molecule has 0 aromatic heterocycles. The van der Waals surface area contributed by atoms with Crippen molar-refractivity contribution in [3.63, 3.8) is 0 Å². The van der Waals surface area contributed by atoms with Gasteiger partial charge in [-0.15, -0.1) is 0 Å². The minimum absolute atomic E-state index is 0.0588. The first-order chi connectivity index (χ1) is 13.1. The van der Waals surface area contributed by atoms with Gasteiger partial charge in [0.25, 0.3) is 0 Å². The quantitative estimate of drug-likeness (QED) is 0.781. The first-order valence-electron chi connectivity index (χ1n) is 9.80. The minimum Gasteiger partial charge on any atom is -0.356 e. The fourth-order valence-corrected chi connectivity index (χ4v) is 3.49. The maximum Gasteiger partial charge on any atom is 0.223 e. The molecule has 1 aliphatic heterocycles. The van der Waals surface area contributed by atoms with E-state index in [1.807, 2.05) is 35.2 Å². The van der Waals surface area contributed by atoms with Gasteiger partial charge < -0.3 is 10.2 Å². The Morgan fingerprint density at radius 2 is 1.74 bits per heavy atom. The summed E-state index contributed by atoms with van der Waals surface area (Å²) < 4.78 is 0. The number of amides is 2. The molecule has 2 amide bonds. The van der Waals surface area contributed by atoms with Crippen LogP contribution in [-0.4, -0.2) is 29.8 Å².